The van der Waals surface area contributed by atoms with Crippen molar-refractivity contribution in [3.8, 4) is 5.88 Å². The van der Waals surface area contributed by atoms with Crippen molar-refractivity contribution in [1.29, 1.82) is 0 Å². The van der Waals surface area contributed by atoms with Crippen molar-refractivity contribution in [2.75, 3.05) is 18.8 Å². The molecule has 1 aromatic rings. The molecule has 0 atom stereocenters. The van der Waals surface area contributed by atoms with Gasteiger partial charge in [0.05, 0.1) is 23.3 Å². The molecule has 0 aliphatic carbocycles. The highest BCUT2D eigenvalue weighted by Crippen LogP contribution is 2.25. The molecule has 0 bridgehead atoms. The molecule has 17 heavy (non-hydrogen) atoms. The summed E-state index contributed by atoms with van der Waals surface area (Å²) >= 11 is 3.33. The van der Waals surface area contributed by atoms with Gasteiger partial charge in [0.1, 0.15) is 6.10 Å². The van der Waals surface area contributed by atoms with Gasteiger partial charge in [-0.2, -0.15) is 4.31 Å². The molecule has 1 fully saturated rings. The molecule has 5 nitrogen and oxygen atoms in total. The molecule has 7 heteroatoms. The van der Waals surface area contributed by atoms with Crippen LogP contribution < -0.4 is 4.74 Å². The van der Waals surface area contributed by atoms with Crippen molar-refractivity contribution in [3.63, 3.8) is 0 Å². The predicted molar refractivity (Wildman–Crippen MR) is 67.4 cm³/mol. The average Bonchev–Trinajstić information content (AvgIpc) is 2.25. The number of ether oxygens (including phenoxy) is 1. The Morgan fingerprint density at radius 2 is 2.29 bits per heavy atom. The first-order valence-corrected chi connectivity index (χ1v) is 7.68. The number of hydrogen-bond donors (Lipinski definition) is 0. The van der Waals surface area contributed by atoms with E-state index in [2.05, 4.69) is 20.9 Å². The Kier molecular flexibility index (Phi) is 3.70. The Hall–Kier alpha value is -0.660. The van der Waals surface area contributed by atoms with Crippen molar-refractivity contribution >= 4 is 26.0 Å². The molecule has 1 aliphatic heterocycles. The minimum atomic E-state index is -3.08. The van der Waals surface area contributed by atoms with E-state index < -0.39 is 10.0 Å². The molecule has 0 saturated carbocycles. The van der Waals surface area contributed by atoms with Crippen molar-refractivity contribution < 1.29 is 13.2 Å². The highest BCUT2D eigenvalue weighted by Gasteiger charge is 2.36. The summed E-state index contributed by atoms with van der Waals surface area (Å²) in [6.45, 7) is 2.44. The second-order valence-electron chi connectivity index (χ2n) is 3.75. The number of halogens is 1. The van der Waals surface area contributed by atoms with Gasteiger partial charge in [-0.3, -0.25) is 0 Å². The van der Waals surface area contributed by atoms with Gasteiger partial charge in [0.2, 0.25) is 15.9 Å². The summed E-state index contributed by atoms with van der Waals surface area (Å²) in [5, 5.41) is 0. The standard InChI is InChI=1S/C10H13BrN2O3S/c1-2-17(14,15)13-6-8(7-13)16-10-9(11)4-3-5-12-10/h3-5,8H,2,6-7H2,1H3. The summed E-state index contributed by atoms with van der Waals surface area (Å²) in [5.74, 6) is 0.638. The van der Waals surface area contributed by atoms with E-state index in [9.17, 15) is 8.42 Å². The lowest BCUT2D eigenvalue weighted by atomic mass is 10.2. The van der Waals surface area contributed by atoms with E-state index >= 15 is 0 Å². The maximum atomic E-state index is 11.5. The largest absolute Gasteiger partial charge is 0.471 e. The minimum absolute atomic E-state index is 0.109. The van der Waals surface area contributed by atoms with E-state index in [0.29, 0.717) is 19.0 Å². The number of nitrogens with zero attached hydrogens (tertiary/aromatic N) is 2. The fourth-order valence-corrected chi connectivity index (χ4v) is 3.00. The van der Waals surface area contributed by atoms with Crippen LogP contribution in [0.5, 0.6) is 5.88 Å². The Balaban J connectivity index is 1.92. The van der Waals surface area contributed by atoms with Crippen molar-refractivity contribution in [3.05, 3.63) is 22.8 Å². The molecule has 1 saturated heterocycles. The fourth-order valence-electron chi connectivity index (χ4n) is 1.50. The van der Waals surface area contributed by atoms with Gasteiger partial charge in [-0.05, 0) is 35.0 Å². The van der Waals surface area contributed by atoms with Gasteiger partial charge in [-0.15, -0.1) is 0 Å². The van der Waals surface area contributed by atoms with E-state index in [-0.39, 0.29) is 11.9 Å². The van der Waals surface area contributed by atoms with Crippen molar-refractivity contribution in [1.82, 2.24) is 9.29 Å². The van der Waals surface area contributed by atoms with Crippen LogP contribution in [0.25, 0.3) is 0 Å². The minimum Gasteiger partial charge on any atom is -0.471 e. The van der Waals surface area contributed by atoms with Crippen LogP contribution in [0.4, 0.5) is 0 Å². The number of pyridine rings is 1. The van der Waals surface area contributed by atoms with Gasteiger partial charge in [-0.25, -0.2) is 13.4 Å². The van der Waals surface area contributed by atoms with Crippen LogP contribution in [-0.4, -0.2) is 42.7 Å². The molecule has 1 aliphatic rings. The van der Waals surface area contributed by atoms with Gasteiger partial charge >= 0.3 is 0 Å². The molecule has 1 aromatic heterocycles. The molecule has 0 amide bonds. The Labute approximate surface area is 109 Å². The Morgan fingerprint density at radius 1 is 1.59 bits per heavy atom. The normalized spacial score (nSPS) is 17.8. The Bertz CT molecular complexity index is 500. The average molecular weight is 321 g/mol. The van der Waals surface area contributed by atoms with E-state index in [0.717, 1.165) is 4.47 Å². The molecule has 0 N–H and O–H groups in total. The van der Waals surface area contributed by atoms with Gasteiger partial charge in [0.25, 0.3) is 0 Å². The summed E-state index contributed by atoms with van der Waals surface area (Å²) in [4.78, 5) is 4.07. The molecule has 0 unspecified atom stereocenters. The molecule has 0 aromatic carbocycles. The third-order valence-electron chi connectivity index (χ3n) is 2.58. The second-order valence-corrected chi connectivity index (χ2v) is 6.86. The zero-order chi connectivity index (χ0) is 12.5. The topological polar surface area (TPSA) is 59.5 Å². The van der Waals surface area contributed by atoms with Gasteiger partial charge in [0, 0.05) is 6.20 Å². The first-order chi connectivity index (χ1) is 8.03. The lowest BCUT2D eigenvalue weighted by Gasteiger charge is -2.37. The third-order valence-corrected chi connectivity index (χ3v) is 4.99. The SMILES string of the molecule is CCS(=O)(=O)N1CC(Oc2ncccc2Br)C1. The van der Waals surface area contributed by atoms with Crippen molar-refractivity contribution in [2.24, 2.45) is 0 Å². The molecule has 2 heterocycles. The van der Waals surface area contributed by atoms with Gasteiger partial charge < -0.3 is 4.74 Å². The number of rotatable bonds is 4. The molecular formula is C10H13BrN2O3S. The van der Waals surface area contributed by atoms with Crippen LogP contribution in [0.1, 0.15) is 6.92 Å². The zero-order valence-corrected chi connectivity index (χ0v) is 11.7. The fraction of sp³-hybridized carbons (Fsp3) is 0.500. The van der Waals surface area contributed by atoms with E-state index in [1.807, 2.05) is 6.07 Å². The van der Waals surface area contributed by atoms with Crippen LogP contribution in [-0.2, 0) is 10.0 Å². The lowest BCUT2D eigenvalue weighted by Crippen LogP contribution is -2.56. The van der Waals surface area contributed by atoms with Crippen LogP contribution in [0.3, 0.4) is 0 Å². The first kappa shape index (κ1) is 12.8. The van der Waals surface area contributed by atoms with Gasteiger partial charge in [-0.1, -0.05) is 0 Å². The summed E-state index contributed by atoms with van der Waals surface area (Å²) < 4.78 is 30.8. The summed E-state index contributed by atoms with van der Waals surface area (Å²) in [6.07, 6.45) is 1.53. The van der Waals surface area contributed by atoms with Gasteiger partial charge in [0.15, 0.2) is 0 Å². The quantitative estimate of drug-likeness (QED) is 0.838. The van der Waals surface area contributed by atoms with E-state index in [1.54, 1.807) is 19.2 Å². The molecule has 0 radical (unpaired) electrons. The van der Waals surface area contributed by atoms with E-state index in [1.165, 1.54) is 4.31 Å². The number of sulfonamides is 1. The second kappa shape index (κ2) is 4.91. The highest BCUT2D eigenvalue weighted by atomic mass is 79.9. The molecule has 94 valence electrons. The molecular weight excluding hydrogens is 308 g/mol. The van der Waals surface area contributed by atoms with Crippen LogP contribution in [0.2, 0.25) is 0 Å². The maximum Gasteiger partial charge on any atom is 0.228 e. The van der Waals surface area contributed by atoms with Crippen LogP contribution in [0.15, 0.2) is 22.8 Å². The smallest absolute Gasteiger partial charge is 0.228 e. The third kappa shape index (κ3) is 2.78. The van der Waals surface area contributed by atoms with Crippen molar-refractivity contribution in [2.45, 2.75) is 13.0 Å². The monoisotopic (exact) mass is 320 g/mol. The number of aromatic nitrogens is 1. The molecule has 0 spiro atoms. The first-order valence-electron chi connectivity index (χ1n) is 5.28. The zero-order valence-electron chi connectivity index (χ0n) is 9.34. The van der Waals surface area contributed by atoms with Crippen LogP contribution in [0, 0.1) is 0 Å². The summed E-state index contributed by atoms with van der Waals surface area (Å²) in [5.41, 5.74) is 0. The van der Waals surface area contributed by atoms with E-state index in [4.69, 9.17) is 4.74 Å². The lowest BCUT2D eigenvalue weighted by molar-refractivity contribution is 0.0715. The van der Waals surface area contributed by atoms with Crippen LogP contribution >= 0.6 is 15.9 Å². The maximum absolute atomic E-state index is 11.5. The number of hydrogen-bond acceptors (Lipinski definition) is 4. The summed E-state index contributed by atoms with van der Waals surface area (Å²) in [6, 6.07) is 3.63. The Morgan fingerprint density at radius 3 is 2.88 bits per heavy atom. The predicted octanol–water partition coefficient (Wildman–Crippen LogP) is 1.26. The summed E-state index contributed by atoms with van der Waals surface area (Å²) in [7, 11) is -3.08. The highest BCUT2D eigenvalue weighted by molar-refractivity contribution is 9.10. The molecule has 2 rings (SSSR count).